The molecule has 2 N–H and O–H groups in total. The van der Waals surface area contributed by atoms with Crippen LogP contribution in [0.25, 0.3) is 11.1 Å². The number of rotatable bonds is 17. The van der Waals surface area contributed by atoms with Gasteiger partial charge in [-0.15, -0.1) is 0 Å². The number of piperidine rings is 1. The molecule has 3 aliphatic heterocycles. The maximum atomic E-state index is 13.9. The van der Waals surface area contributed by atoms with E-state index < -0.39 is 15.9 Å². The second-order valence-corrected chi connectivity index (χ2v) is 19.3. The zero-order chi connectivity index (χ0) is 44.3. The number of amides is 1. The molecule has 0 bridgehead atoms. The molecule has 0 saturated carbocycles. The molecule has 0 aromatic heterocycles. The molecule has 0 radical (unpaired) electrons. The number of carbonyl (C=O) groups is 1. The molecule has 3 fully saturated rings. The van der Waals surface area contributed by atoms with Crippen LogP contribution in [0.2, 0.25) is 5.02 Å². The van der Waals surface area contributed by atoms with Crippen LogP contribution in [0.4, 0.5) is 11.4 Å². The van der Waals surface area contributed by atoms with E-state index in [9.17, 15) is 13.2 Å². The Kier molecular flexibility index (Phi) is 15.4. The largest absolute Gasteiger partial charge is 0.494 e. The summed E-state index contributed by atoms with van der Waals surface area (Å²) >= 11 is 6.28. The summed E-state index contributed by atoms with van der Waals surface area (Å²) in [6.45, 7) is 12.2. The lowest BCUT2D eigenvalue weighted by atomic mass is 9.98. The van der Waals surface area contributed by atoms with Gasteiger partial charge in [0.2, 0.25) is 0 Å². The number of halogens is 1. The molecule has 0 unspecified atom stereocenters. The topological polar surface area (TPSA) is 113 Å². The lowest BCUT2D eigenvalue weighted by Crippen LogP contribution is -2.46. The van der Waals surface area contributed by atoms with Crippen molar-refractivity contribution < 1.29 is 27.4 Å². The van der Waals surface area contributed by atoms with Crippen LogP contribution in [-0.2, 0) is 21.3 Å². The summed E-state index contributed by atoms with van der Waals surface area (Å²) in [4.78, 5) is 21.1. The van der Waals surface area contributed by atoms with Crippen molar-refractivity contribution in [3.05, 3.63) is 131 Å². The van der Waals surface area contributed by atoms with Gasteiger partial charge >= 0.3 is 0 Å². The number of nitrogens with zero attached hydrogens (tertiary/aromatic N) is 3. The molecule has 338 valence electrons. The number of nitrogens with one attached hydrogen (secondary N) is 2. The van der Waals surface area contributed by atoms with Crippen LogP contribution in [0.5, 0.6) is 17.2 Å². The van der Waals surface area contributed by atoms with E-state index in [0.29, 0.717) is 23.3 Å². The highest BCUT2D eigenvalue weighted by molar-refractivity contribution is 7.90. The number of benzene rings is 5. The number of anilines is 2. The van der Waals surface area contributed by atoms with Crippen LogP contribution in [0.1, 0.15) is 60.0 Å². The van der Waals surface area contributed by atoms with Crippen molar-refractivity contribution in [1.82, 2.24) is 14.5 Å². The number of hydrogen-bond acceptors (Lipinski definition) is 10. The van der Waals surface area contributed by atoms with Crippen molar-refractivity contribution in [2.45, 2.75) is 56.9 Å². The normalized spacial score (nSPS) is 16.6. The summed E-state index contributed by atoms with van der Waals surface area (Å²) in [7, 11) is -4.20. The van der Waals surface area contributed by atoms with E-state index in [0.717, 1.165) is 112 Å². The summed E-state index contributed by atoms with van der Waals surface area (Å²) in [6, 6.07) is 33.8. The third-order valence-electron chi connectivity index (χ3n) is 12.5. The Morgan fingerprint density at radius 3 is 2.31 bits per heavy atom. The maximum absolute atomic E-state index is 13.9. The van der Waals surface area contributed by atoms with Crippen LogP contribution in [-0.4, -0.2) is 96.3 Å². The fourth-order valence-corrected chi connectivity index (χ4v) is 9.98. The molecule has 8 rings (SSSR count). The first kappa shape index (κ1) is 45.5. The molecule has 64 heavy (non-hydrogen) atoms. The first-order chi connectivity index (χ1) is 31.2. The van der Waals surface area contributed by atoms with Gasteiger partial charge in [0.1, 0.15) is 17.2 Å². The Labute approximate surface area is 383 Å². The molecule has 11 nitrogen and oxygen atoms in total. The average molecular weight is 907 g/mol. The second-order valence-electron chi connectivity index (χ2n) is 17.1. The van der Waals surface area contributed by atoms with E-state index in [1.165, 1.54) is 44.0 Å². The Hall–Kier alpha value is -5.11. The molecule has 0 atom stereocenters. The lowest BCUT2D eigenvalue weighted by Gasteiger charge is -2.36. The van der Waals surface area contributed by atoms with Gasteiger partial charge < -0.3 is 29.3 Å². The predicted molar refractivity (Wildman–Crippen MR) is 256 cm³/mol. The van der Waals surface area contributed by atoms with Gasteiger partial charge in [-0.2, -0.15) is 0 Å². The molecule has 3 saturated heterocycles. The van der Waals surface area contributed by atoms with Crippen molar-refractivity contribution in [1.29, 1.82) is 0 Å². The predicted octanol–water partition coefficient (Wildman–Crippen LogP) is 9.64. The molecule has 0 spiro atoms. The van der Waals surface area contributed by atoms with Gasteiger partial charge in [-0.25, -0.2) is 13.1 Å². The molecule has 3 heterocycles. The Morgan fingerprint density at radius 1 is 0.797 bits per heavy atom. The van der Waals surface area contributed by atoms with E-state index in [1.807, 2.05) is 49.4 Å². The summed E-state index contributed by atoms with van der Waals surface area (Å²) in [5, 5.41) is 4.17. The number of para-hydroxylation sites is 1. The number of likely N-dealkylation sites (tertiary alicyclic amines) is 1. The second kappa shape index (κ2) is 21.7. The fraction of sp³-hybridized carbons (Fsp3) is 0.392. The minimum absolute atomic E-state index is 0.0118. The number of piperazine rings is 1. The van der Waals surface area contributed by atoms with Gasteiger partial charge in [-0.3, -0.25) is 9.69 Å². The zero-order valence-corrected chi connectivity index (χ0v) is 38.3. The third kappa shape index (κ3) is 12.2. The van der Waals surface area contributed by atoms with Crippen molar-refractivity contribution in [2.24, 2.45) is 5.92 Å². The smallest absolute Gasteiger partial charge is 0.268 e. The maximum Gasteiger partial charge on any atom is 0.268 e. The Bertz CT molecular complexity index is 2430. The molecule has 3 aliphatic rings. The number of sulfonamides is 1. The highest BCUT2D eigenvalue weighted by Gasteiger charge is 2.25. The molecule has 5 aromatic carbocycles. The van der Waals surface area contributed by atoms with E-state index in [2.05, 4.69) is 55.1 Å². The lowest BCUT2D eigenvalue weighted by molar-refractivity contribution is 0.0699. The average Bonchev–Trinajstić information content (AvgIpc) is 3.31. The van der Waals surface area contributed by atoms with Gasteiger partial charge in [0.25, 0.3) is 15.9 Å². The van der Waals surface area contributed by atoms with Gasteiger partial charge in [0.05, 0.1) is 17.1 Å². The molecule has 13 heteroatoms. The summed E-state index contributed by atoms with van der Waals surface area (Å²) < 4.78 is 47.7. The molecular weight excluding hydrogens is 846 g/mol. The van der Waals surface area contributed by atoms with E-state index in [4.69, 9.17) is 25.8 Å². The summed E-state index contributed by atoms with van der Waals surface area (Å²) in [6.07, 6.45) is 6.92. The Balaban J connectivity index is 0.933. The van der Waals surface area contributed by atoms with Crippen LogP contribution < -0.4 is 24.4 Å². The van der Waals surface area contributed by atoms with Crippen LogP contribution in [0, 0.1) is 12.8 Å². The van der Waals surface area contributed by atoms with Crippen molar-refractivity contribution >= 4 is 38.9 Å². The third-order valence-corrected chi connectivity index (χ3v) is 14.1. The van der Waals surface area contributed by atoms with E-state index in [-0.39, 0.29) is 16.2 Å². The fourth-order valence-electron chi connectivity index (χ4n) is 8.81. The molecular formula is C51H60ClN5O6S. The number of carbonyl (C=O) groups excluding carboxylic acids is 1. The minimum Gasteiger partial charge on any atom is -0.494 e. The van der Waals surface area contributed by atoms with Crippen molar-refractivity contribution in [2.75, 3.05) is 82.4 Å². The van der Waals surface area contributed by atoms with Crippen LogP contribution in [0.3, 0.4) is 0 Å². The zero-order valence-electron chi connectivity index (χ0n) is 36.8. The van der Waals surface area contributed by atoms with E-state index >= 15 is 0 Å². The summed E-state index contributed by atoms with van der Waals surface area (Å²) in [5.41, 5.74) is 6.10. The highest BCUT2D eigenvalue weighted by atomic mass is 35.5. The first-order valence-electron chi connectivity index (χ1n) is 22.7. The summed E-state index contributed by atoms with van der Waals surface area (Å²) in [5.74, 6) is 1.42. The van der Waals surface area contributed by atoms with Gasteiger partial charge in [0, 0.05) is 81.5 Å². The monoisotopic (exact) mass is 905 g/mol. The van der Waals surface area contributed by atoms with Crippen LogP contribution >= 0.6 is 11.6 Å². The van der Waals surface area contributed by atoms with Gasteiger partial charge in [-0.1, -0.05) is 54.4 Å². The van der Waals surface area contributed by atoms with Crippen molar-refractivity contribution in [3.8, 4) is 28.4 Å². The number of aryl methyl sites for hydroxylation is 1. The van der Waals surface area contributed by atoms with Gasteiger partial charge in [-0.05, 0) is 147 Å². The highest BCUT2D eigenvalue weighted by Crippen LogP contribution is 2.33. The Morgan fingerprint density at radius 2 is 1.56 bits per heavy atom. The van der Waals surface area contributed by atoms with Crippen molar-refractivity contribution in [3.63, 3.8) is 0 Å². The standard InChI is InChI=1S/C51H60ClN5O6S/c1-38-33-46(17-20-49(38)53-36-39-21-31-61-32-22-39)64(59,60)54-51(58)48-18-15-43(35-50(48)63-44-9-4-2-5-10-44)57-28-26-56(27-29-57)37-41-34-45(62-30-8-25-55-23-6-3-7-24-55)16-19-47(41)40-11-13-42(52)14-12-40/h2,4-5,9-20,33-35,39,53H,3,6-8,21-32,36-37H2,1H3,(H,54,58). The quantitative estimate of drug-likeness (QED) is 0.0876. The van der Waals surface area contributed by atoms with E-state index in [1.54, 1.807) is 30.3 Å². The van der Waals surface area contributed by atoms with Crippen LogP contribution in [0.15, 0.2) is 114 Å². The molecule has 1 amide bonds. The SMILES string of the molecule is Cc1cc(S(=O)(=O)NC(=O)c2ccc(N3CCN(Cc4cc(OCCCN5CCCCC5)ccc4-c4ccc(Cl)cc4)CC3)cc2Oc2ccccc2)ccc1NCC1CCOCC1. The molecule has 5 aromatic rings. The molecule has 0 aliphatic carbocycles. The number of ether oxygens (including phenoxy) is 3. The first-order valence-corrected chi connectivity index (χ1v) is 24.6. The van der Waals surface area contributed by atoms with Gasteiger partial charge in [0.15, 0.2) is 0 Å². The number of hydrogen-bond donors (Lipinski definition) is 2. The minimum atomic E-state index is -4.20.